The van der Waals surface area contributed by atoms with Crippen molar-refractivity contribution in [2.45, 2.75) is 25.7 Å². The first-order valence-electron chi connectivity index (χ1n) is 6.79. The van der Waals surface area contributed by atoms with Crippen molar-refractivity contribution >= 4 is 11.7 Å². The summed E-state index contributed by atoms with van der Waals surface area (Å²) in [6.07, 6.45) is 4.61. The average Bonchev–Trinajstić information content (AvgIpc) is 2.33. The molecule has 0 aromatic heterocycles. The van der Waals surface area contributed by atoms with Gasteiger partial charge in [0, 0.05) is 18.8 Å². The highest BCUT2D eigenvalue weighted by Crippen LogP contribution is 2.34. The second-order valence-corrected chi connectivity index (χ2v) is 5.57. The minimum atomic E-state index is -0.664. The zero-order valence-corrected chi connectivity index (χ0v) is 10.5. The monoisotopic (exact) mass is 245 g/mol. The van der Waals surface area contributed by atoms with Gasteiger partial charge in [-0.3, -0.25) is 4.79 Å². The number of benzene rings is 1. The Hall–Kier alpha value is -1.51. The Morgan fingerprint density at radius 2 is 2.11 bits per heavy atom. The Labute approximate surface area is 107 Å². The molecule has 3 heteroatoms. The summed E-state index contributed by atoms with van der Waals surface area (Å²) in [4.78, 5) is 13.5. The minimum Gasteiger partial charge on any atom is -0.481 e. The summed E-state index contributed by atoms with van der Waals surface area (Å²) in [6, 6.07) is 8.25. The normalized spacial score (nSPS) is 23.3. The van der Waals surface area contributed by atoms with Crippen LogP contribution in [-0.4, -0.2) is 24.2 Å². The van der Waals surface area contributed by atoms with Crippen molar-refractivity contribution in [1.29, 1.82) is 0 Å². The zero-order valence-electron chi connectivity index (χ0n) is 10.5. The molecule has 1 aliphatic carbocycles. The number of hydrogen-bond acceptors (Lipinski definition) is 2. The predicted octanol–water partition coefficient (Wildman–Crippen LogP) is 2.55. The molecule has 0 spiro atoms. The van der Waals surface area contributed by atoms with Crippen LogP contribution in [0.3, 0.4) is 0 Å². The molecule has 1 heterocycles. The third kappa shape index (κ3) is 2.09. The van der Waals surface area contributed by atoms with Crippen molar-refractivity contribution < 1.29 is 9.90 Å². The Kier molecular flexibility index (Phi) is 2.98. The van der Waals surface area contributed by atoms with Crippen molar-refractivity contribution in [2.24, 2.45) is 11.8 Å². The fourth-order valence-electron chi connectivity index (χ4n) is 3.01. The maximum absolute atomic E-state index is 11.3. The summed E-state index contributed by atoms with van der Waals surface area (Å²) in [6.45, 7) is 1.70. The van der Waals surface area contributed by atoms with Crippen LogP contribution in [-0.2, 0) is 11.2 Å². The van der Waals surface area contributed by atoms with Crippen LogP contribution in [0.5, 0.6) is 0 Å². The van der Waals surface area contributed by atoms with E-state index in [9.17, 15) is 9.90 Å². The van der Waals surface area contributed by atoms with Gasteiger partial charge in [0.1, 0.15) is 0 Å². The Balaban J connectivity index is 1.84. The molecule has 0 saturated heterocycles. The summed E-state index contributed by atoms with van der Waals surface area (Å²) in [5, 5.41) is 9.26. The number of carbonyl (C=O) groups is 1. The van der Waals surface area contributed by atoms with Gasteiger partial charge in [-0.25, -0.2) is 0 Å². The van der Waals surface area contributed by atoms with Crippen molar-refractivity contribution in [3.8, 4) is 0 Å². The van der Waals surface area contributed by atoms with Crippen LogP contribution in [0, 0.1) is 11.8 Å². The van der Waals surface area contributed by atoms with E-state index in [0.717, 1.165) is 12.5 Å². The van der Waals surface area contributed by atoms with Crippen molar-refractivity contribution in [3.05, 3.63) is 29.8 Å². The maximum atomic E-state index is 11.3. The molecule has 1 N–H and O–H groups in total. The van der Waals surface area contributed by atoms with Crippen LogP contribution in [0.25, 0.3) is 0 Å². The van der Waals surface area contributed by atoms with E-state index in [-0.39, 0.29) is 5.92 Å². The molecule has 3 rings (SSSR count). The first kappa shape index (κ1) is 11.6. The molecule has 2 aliphatic rings. The van der Waals surface area contributed by atoms with E-state index in [1.165, 1.54) is 30.5 Å². The van der Waals surface area contributed by atoms with Crippen LogP contribution in [0.2, 0.25) is 0 Å². The van der Waals surface area contributed by atoms with Gasteiger partial charge in [0.15, 0.2) is 0 Å². The second kappa shape index (κ2) is 4.63. The van der Waals surface area contributed by atoms with Gasteiger partial charge in [-0.1, -0.05) is 24.6 Å². The largest absolute Gasteiger partial charge is 0.481 e. The van der Waals surface area contributed by atoms with E-state index in [4.69, 9.17) is 0 Å². The molecule has 1 aliphatic heterocycles. The lowest BCUT2D eigenvalue weighted by Crippen LogP contribution is -2.42. The maximum Gasteiger partial charge on any atom is 0.308 e. The molecule has 3 nitrogen and oxygen atoms in total. The van der Waals surface area contributed by atoms with Crippen LogP contribution >= 0.6 is 0 Å². The average molecular weight is 245 g/mol. The molecular formula is C15H19NO2. The number of nitrogens with zero attached hydrogens (tertiary/aromatic N) is 1. The van der Waals surface area contributed by atoms with Gasteiger partial charge in [-0.05, 0) is 36.8 Å². The number of carboxylic acid groups (broad SMARTS) is 1. The lowest BCUT2D eigenvalue weighted by Gasteiger charge is -2.39. The van der Waals surface area contributed by atoms with E-state index >= 15 is 0 Å². The summed E-state index contributed by atoms with van der Waals surface area (Å²) >= 11 is 0. The Morgan fingerprint density at radius 3 is 2.78 bits per heavy atom. The van der Waals surface area contributed by atoms with Gasteiger partial charge in [0.2, 0.25) is 0 Å². The summed E-state index contributed by atoms with van der Waals surface area (Å²) in [7, 11) is 0. The molecular weight excluding hydrogens is 226 g/mol. The SMILES string of the molecule is O=C(O)C1Cc2ccccc2N(CC2CCC2)C1. The van der Waals surface area contributed by atoms with Crippen LogP contribution in [0.1, 0.15) is 24.8 Å². The minimum absolute atomic E-state index is 0.250. The van der Waals surface area contributed by atoms with E-state index in [0.29, 0.717) is 13.0 Å². The van der Waals surface area contributed by atoms with Gasteiger partial charge in [-0.15, -0.1) is 0 Å². The highest BCUT2D eigenvalue weighted by atomic mass is 16.4. The molecule has 1 aromatic carbocycles. The van der Waals surface area contributed by atoms with Gasteiger partial charge in [-0.2, -0.15) is 0 Å². The molecule has 1 unspecified atom stereocenters. The zero-order chi connectivity index (χ0) is 12.5. The molecule has 0 radical (unpaired) electrons. The lowest BCUT2D eigenvalue weighted by molar-refractivity contribution is -0.141. The number of carboxylic acids is 1. The van der Waals surface area contributed by atoms with Gasteiger partial charge in [0.05, 0.1) is 5.92 Å². The fourth-order valence-corrected chi connectivity index (χ4v) is 3.01. The van der Waals surface area contributed by atoms with E-state index < -0.39 is 5.97 Å². The molecule has 1 aromatic rings. The summed E-state index contributed by atoms with van der Waals surface area (Å²) in [5.74, 6) is -0.145. The lowest BCUT2D eigenvalue weighted by atomic mass is 9.83. The summed E-state index contributed by atoms with van der Waals surface area (Å²) < 4.78 is 0. The molecule has 0 amide bonds. The molecule has 18 heavy (non-hydrogen) atoms. The number of para-hydroxylation sites is 1. The van der Waals surface area contributed by atoms with Crippen LogP contribution in [0.4, 0.5) is 5.69 Å². The first-order valence-corrected chi connectivity index (χ1v) is 6.79. The number of anilines is 1. The van der Waals surface area contributed by atoms with E-state index in [2.05, 4.69) is 17.0 Å². The highest BCUT2D eigenvalue weighted by Gasteiger charge is 2.31. The molecule has 1 saturated carbocycles. The third-order valence-electron chi connectivity index (χ3n) is 4.29. The quantitative estimate of drug-likeness (QED) is 0.889. The Morgan fingerprint density at radius 1 is 1.33 bits per heavy atom. The highest BCUT2D eigenvalue weighted by molar-refractivity contribution is 5.73. The smallest absolute Gasteiger partial charge is 0.308 e. The van der Waals surface area contributed by atoms with Crippen molar-refractivity contribution in [1.82, 2.24) is 0 Å². The molecule has 1 fully saturated rings. The second-order valence-electron chi connectivity index (χ2n) is 5.57. The topological polar surface area (TPSA) is 40.5 Å². The Bertz CT molecular complexity index is 454. The molecule has 96 valence electrons. The number of rotatable bonds is 3. The molecule has 1 atom stereocenters. The molecule has 0 bridgehead atoms. The van der Waals surface area contributed by atoms with E-state index in [1.807, 2.05) is 12.1 Å². The number of hydrogen-bond donors (Lipinski definition) is 1. The summed E-state index contributed by atoms with van der Waals surface area (Å²) in [5.41, 5.74) is 2.44. The first-order chi connectivity index (χ1) is 8.74. The number of aliphatic carboxylic acids is 1. The van der Waals surface area contributed by atoms with Gasteiger partial charge >= 0.3 is 5.97 Å². The van der Waals surface area contributed by atoms with Gasteiger partial charge < -0.3 is 10.0 Å². The fraction of sp³-hybridized carbons (Fsp3) is 0.533. The van der Waals surface area contributed by atoms with Crippen LogP contribution < -0.4 is 4.90 Å². The van der Waals surface area contributed by atoms with Gasteiger partial charge in [0.25, 0.3) is 0 Å². The number of fused-ring (bicyclic) bond motifs is 1. The predicted molar refractivity (Wildman–Crippen MR) is 70.8 cm³/mol. The van der Waals surface area contributed by atoms with E-state index in [1.54, 1.807) is 0 Å². The standard InChI is InChI=1S/C15H19NO2/c17-15(18)13-8-12-6-1-2-7-14(12)16(10-13)9-11-4-3-5-11/h1-2,6-7,11,13H,3-5,8-10H2,(H,17,18). The van der Waals surface area contributed by atoms with Crippen molar-refractivity contribution in [3.63, 3.8) is 0 Å². The van der Waals surface area contributed by atoms with Crippen molar-refractivity contribution in [2.75, 3.05) is 18.0 Å². The van der Waals surface area contributed by atoms with Crippen LogP contribution in [0.15, 0.2) is 24.3 Å². The third-order valence-corrected chi connectivity index (χ3v) is 4.29.